The normalized spacial score (nSPS) is 20.8. The summed E-state index contributed by atoms with van der Waals surface area (Å²) in [5.41, 5.74) is 3.27. The molecule has 0 bridgehead atoms. The Hall–Kier alpha value is -1.31. The third-order valence-corrected chi connectivity index (χ3v) is 2.54. The first-order chi connectivity index (χ1) is 6.18. The van der Waals surface area contributed by atoms with Crippen LogP contribution in [-0.4, -0.2) is 11.9 Å². The van der Waals surface area contributed by atoms with Gasteiger partial charge in [-0.25, -0.2) is 0 Å². The molecule has 0 spiro atoms. The second kappa shape index (κ2) is 2.87. The van der Waals surface area contributed by atoms with Crippen LogP contribution in [0.2, 0.25) is 0 Å². The van der Waals surface area contributed by atoms with Gasteiger partial charge in [0.15, 0.2) is 0 Å². The topological polar surface area (TPSA) is 29.1 Å². The number of aryl methyl sites for hydroxylation is 1. The molecule has 0 saturated carbocycles. The Bertz CT molecular complexity index is 357. The van der Waals surface area contributed by atoms with Crippen molar-refractivity contribution in [1.82, 2.24) is 5.32 Å². The molecular formula is C11H13NO. The Morgan fingerprint density at radius 2 is 2.23 bits per heavy atom. The zero-order valence-electron chi connectivity index (χ0n) is 7.92. The smallest absolute Gasteiger partial charge is 0.251 e. The highest BCUT2D eigenvalue weighted by molar-refractivity contribution is 5.97. The molecule has 68 valence electrons. The van der Waals surface area contributed by atoms with Gasteiger partial charge in [-0.05, 0) is 37.5 Å². The van der Waals surface area contributed by atoms with Crippen molar-refractivity contribution in [3.8, 4) is 0 Å². The fourth-order valence-corrected chi connectivity index (χ4v) is 1.84. The van der Waals surface area contributed by atoms with Crippen LogP contribution in [0.5, 0.6) is 0 Å². The van der Waals surface area contributed by atoms with Gasteiger partial charge in [0.25, 0.3) is 5.91 Å². The third-order valence-electron chi connectivity index (χ3n) is 2.54. The molecule has 0 radical (unpaired) electrons. The third kappa shape index (κ3) is 1.32. The molecule has 1 heterocycles. The van der Waals surface area contributed by atoms with Crippen LogP contribution in [0.3, 0.4) is 0 Å². The minimum atomic E-state index is 0.0671. The molecular weight excluding hydrogens is 162 g/mol. The molecule has 1 aliphatic rings. The second-order valence-corrected chi connectivity index (χ2v) is 3.68. The molecule has 1 unspecified atom stereocenters. The zero-order valence-corrected chi connectivity index (χ0v) is 7.92. The maximum Gasteiger partial charge on any atom is 0.251 e. The van der Waals surface area contributed by atoms with Crippen molar-refractivity contribution >= 4 is 5.91 Å². The van der Waals surface area contributed by atoms with Gasteiger partial charge in [-0.1, -0.05) is 12.1 Å². The summed E-state index contributed by atoms with van der Waals surface area (Å²) in [6.07, 6.45) is 0.952. The molecule has 0 fully saturated rings. The number of nitrogens with one attached hydrogen (secondary N) is 1. The van der Waals surface area contributed by atoms with Crippen LogP contribution in [0.25, 0.3) is 0 Å². The van der Waals surface area contributed by atoms with Crippen LogP contribution in [-0.2, 0) is 6.42 Å². The first-order valence-corrected chi connectivity index (χ1v) is 4.58. The van der Waals surface area contributed by atoms with Gasteiger partial charge in [-0.15, -0.1) is 0 Å². The molecule has 13 heavy (non-hydrogen) atoms. The number of fused-ring (bicyclic) bond motifs is 1. The minimum absolute atomic E-state index is 0.0671. The number of hydrogen-bond acceptors (Lipinski definition) is 1. The van der Waals surface area contributed by atoms with Crippen LogP contribution in [0.15, 0.2) is 18.2 Å². The Kier molecular flexibility index (Phi) is 1.83. The summed E-state index contributed by atoms with van der Waals surface area (Å²) in [6.45, 7) is 4.09. The Morgan fingerprint density at radius 1 is 1.46 bits per heavy atom. The van der Waals surface area contributed by atoms with E-state index in [2.05, 4.69) is 18.3 Å². The standard InChI is InChI=1S/C11H13NO/c1-7-4-3-5-9-10(7)6-8(2)12-11(9)13/h3-5,8H,6H2,1-2H3,(H,12,13). The maximum atomic E-state index is 11.5. The lowest BCUT2D eigenvalue weighted by Gasteiger charge is -2.23. The van der Waals surface area contributed by atoms with Gasteiger partial charge in [0.1, 0.15) is 0 Å². The summed E-state index contributed by atoms with van der Waals surface area (Å²) in [7, 11) is 0. The molecule has 1 atom stereocenters. The molecule has 1 N–H and O–H groups in total. The molecule has 1 amide bonds. The number of carbonyl (C=O) groups is 1. The molecule has 0 aromatic heterocycles. The molecule has 1 aromatic carbocycles. The highest BCUT2D eigenvalue weighted by Gasteiger charge is 2.21. The predicted octanol–water partition coefficient (Wildman–Crippen LogP) is 1.67. The van der Waals surface area contributed by atoms with Gasteiger partial charge in [0.2, 0.25) is 0 Å². The summed E-state index contributed by atoms with van der Waals surface area (Å²) in [5, 5.41) is 2.92. The van der Waals surface area contributed by atoms with Gasteiger partial charge < -0.3 is 5.32 Å². The monoisotopic (exact) mass is 175 g/mol. The van der Waals surface area contributed by atoms with Crippen molar-refractivity contribution in [3.05, 3.63) is 34.9 Å². The van der Waals surface area contributed by atoms with Crippen molar-refractivity contribution in [3.63, 3.8) is 0 Å². The Labute approximate surface area is 78.0 Å². The van der Waals surface area contributed by atoms with E-state index in [0.717, 1.165) is 12.0 Å². The molecule has 0 saturated heterocycles. The summed E-state index contributed by atoms with van der Waals surface area (Å²) >= 11 is 0. The second-order valence-electron chi connectivity index (χ2n) is 3.68. The number of rotatable bonds is 0. The molecule has 1 aromatic rings. The van der Waals surface area contributed by atoms with Crippen molar-refractivity contribution in [2.75, 3.05) is 0 Å². The summed E-state index contributed by atoms with van der Waals surface area (Å²) in [6, 6.07) is 6.15. The lowest BCUT2D eigenvalue weighted by molar-refractivity contribution is 0.0929. The van der Waals surface area contributed by atoms with E-state index < -0.39 is 0 Å². The highest BCUT2D eigenvalue weighted by atomic mass is 16.1. The van der Waals surface area contributed by atoms with E-state index in [1.54, 1.807) is 0 Å². The highest BCUT2D eigenvalue weighted by Crippen LogP contribution is 2.19. The maximum absolute atomic E-state index is 11.5. The van der Waals surface area contributed by atoms with E-state index in [4.69, 9.17) is 0 Å². The molecule has 2 rings (SSSR count). The van der Waals surface area contributed by atoms with Crippen molar-refractivity contribution in [2.24, 2.45) is 0 Å². The van der Waals surface area contributed by atoms with Crippen LogP contribution in [0.1, 0.15) is 28.4 Å². The molecule has 2 nitrogen and oxygen atoms in total. The van der Waals surface area contributed by atoms with E-state index in [-0.39, 0.29) is 11.9 Å². The summed E-state index contributed by atoms with van der Waals surface area (Å²) < 4.78 is 0. The Morgan fingerprint density at radius 3 is 3.00 bits per heavy atom. The average molecular weight is 175 g/mol. The largest absolute Gasteiger partial charge is 0.349 e. The average Bonchev–Trinajstić information content (AvgIpc) is 2.07. The van der Waals surface area contributed by atoms with E-state index in [1.165, 1.54) is 11.1 Å². The fraction of sp³-hybridized carbons (Fsp3) is 0.364. The van der Waals surface area contributed by atoms with Gasteiger partial charge in [-0.3, -0.25) is 4.79 Å². The SMILES string of the molecule is Cc1cccc2c1CC(C)NC2=O. The minimum Gasteiger partial charge on any atom is -0.349 e. The zero-order chi connectivity index (χ0) is 9.42. The number of benzene rings is 1. The van der Waals surface area contributed by atoms with Crippen LogP contribution in [0, 0.1) is 6.92 Å². The number of carbonyl (C=O) groups excluding carboxylic acids is 1. The molecule has 2 heteroatoms. The summed E-state index contributed by atoms with van der Waals surface area (Å²) in [5.74, 6) is 0.0671. The number of hydrogen-bond donors (Lipinski definition) is 1. The van der Waals surface area contributed by atoms with Gasteiger partial charge in [0.05, 0.1) is 0 Å². The molecule has 1 aliphatic heterocycles. The number of amides is 1. The van der Waals surface area contributed by atoms with Crippen LogP contribution < -0.4 is 5.32 Å². The van der Waals surface area contributed by atoms with Crippen LogP contribution in [0.4, 0.5) is 0 Å². The van der Waals surface area contributed by atoms with Gasteiger partial charge >= 0.3 is 0 Å². The Balaban J connectivity index is 2.55. The van der Waals surface area contributed by atoms with E-state index in [1.807, 2.05) is 19.1 Å². The van der Waals surface area contributed by atoms with E-state index in [0.29, 0.717) is 0 Å². The van der Waals surface area contributed by atoms with Crippen molar-refractivity contribution in [1.29, 1.82) is 0 Å². The predicted molar refractivity (Wildman–Crippen MR) is 51.8 cm³/mol. The van der Waals surface area contributed by atoms with Crippen LogP contribution >= 0.6 is 0 Å². The first-order valence-electron chi connectivity index (χ1n) is 4.58. The van der Waals surface area contributed by atoms with Crippen molar-refractivity contribution < 1.29 is 4.79 Å². The quantitative estimate of drug-likeness (QED) is 0.638. The van der Waals surface area contributed by atoms with E-state index >= 15 is 0 Å². The summed E-state index contributed by atoms with van der Waals surface area (Å²) in [4.78, 5) is 11.5. The molecule has 0 aliphatic carbocycles. The van der Waals surface area contributed by atoms with Crippen molar-refractivity contribution in [2.45, 2.75) is 26.3 Å². The lowest BCUT2D eigenvalue weighted by Crippen LogP contribution is -2.39. The van der Waals surface area contributed by atoms with Gasteiger partial charge in [0, 0.05) is 11.6 Å². The van der Waals surface area contributed by atoms with Gasteiger partial charge in [-0.2, -0.15) is 0 Å². The van der Waals surface area contributed by atoms with E-state index in [9.17, 15) is 4.79 Å². The lowest BCUT2D eigenvalue weighted by atomic mass is 9.92. The first kappa shape index (κ1) is 8.30. The fourth-order valence-electron chi connectivity index (χ4n) is 1.84.